The summed E-state index contributed by atoms with van der Waals surface area (Å²) in [6.45, 7) is 1.99. The zero-order valence-electron chi connectivity index (χ0n) is 2.86. The van der Waals surface area contributed by atoms with E-state index in [0.29, 0.717) is 0 Å². The Labute approximate surface area is 36.0 Å². The second-order valence-electron chi connectivity index (χ2n) is 0.724. The highest BCUT2D eigenvalue weighted by Crippen LogP contribution is 1.60. The van der Waals surface area contributed by atoms with Crippen LogP contribution in [0.2, 0.25) is 6.04 Å². The van der Waals surface area contributed by atoms with Gasteiger partial charge in [-0.1, -0.05) is 14.4 Å². The van der Waals surface area contributed by atoms with Crippen molar-refractivity contribution in [3.05, 3.63) is 0 Å². The number of hydrogen-bond donors (Lipinski definition) is 1. The smallest absolute Gasteiger partial charge is 0.156 e. The molecule has 0 fully saturated rings. The molecule has 0 heterocycles. The average molecular weight is 92.2 g/mol. The molecule has 2 heteroatoms. The molecule has 0 unspecified atom stereocenters. The molecule has 0 rings (SSSR count). The lowest BCUT2D eigenvalue weighted by Crippen LogP contribution is -1.75. The van der Waals surface area contributed by atoms with E-state index < -0.39 is 9.76 Å². The maximum absolute atomic E-state index is 8.01. The number of rotatable bonds is 1. The second kappa shape index (κ2) is 8.90. The van der Waals surface area contributed by atoms with Crippen LogP contribution < -0.4 is 0 Å². The Hall–Kier alpha value is 0.177. The molecule has 0 spiro atoms. The summed E-state index contributed by atoms with van der Waals surface area (Å²) in [7, 11) is -0.576. The first-order valence-electron chi connectivity index (χ1n) is 1.52. The summed E-state index contributed by atoms with van der Waals surface area (Å²) in [5.74, 6) is 0. The lowest BCUT2D eigenvalue weighted by atomic mass is 11.0. The Kier molecular flexibility index (Phi) is 15.9. The van der Waals surface area contributed by atoms with Crippen molar-refractivity contribution < 1.29 is 4.80 Å². The molecular weight excluding hydrogens is 80.1 g/mol. The summed E-state index contributed by atoms with van der Waals surface area (Å²) in [5, 5.41) is 0. The average Bonchev–Trinajstić information content (AvgIpc) is 1.37. The fourth-order valence-corrected chi connectivity index (χ4v) is 0. The molecule has 0 saturated heterocycles. The minimum atomic E-state index is -0.576. The third-order valence-corrected chi connectivity index (χ3v) is 0.671. The van der Waals surface area contributed by atoms with E-state index in [1.165, 1.54) is 0 Å². The molecule has 1 N–H and O–H groups in total. The molecule has 0 radical (unpaired) electrons. The van der Waals surface area contributed by atoms with E-state index >= 15 is 0 Å². The molecule has 0 aromatic rings. The van der Waals surface area contributed by atoms with Crippen molar-refractivity contribution in [2.45, 2.75) is 20.4 Å². The van der Waals surface area contributed by atoms with Crippen LogP contribution in [0.5, 0.6) is 0 Å². The highest BCUT2D eigenvalue weighted by atomic mass is 28.2. The van der Waals surface area contributed by atoms with Crippen LogP contribution in [0.4, 0.5) is 0 Å². The fraction of sp³-hybridized carbons (Fsp3) is 1.00. The van der Waals surface area contributed by atoms with Crippen molar-refractivity contribution >= 4 is 9.76 Å². The summed E-state index contributed by atoms with van der Waals surface area (Å²) in [6, 6.07) is 1.01. The first-order chi connectivity index (χ1) is 1.91. The molecule has 34 valence electrons. The van der Waals surface area contributed by atoms with Crippen molar-refractivity contribution in [1.29, 1.82) is 0 Å². The van der Waals surface area contributed by atoms with Crippen LogP contribution in [0, 0.1) is 0 Å². The van der Waals surface area contributed by atoms with Gasteiger partial charge in [0.15, 0.2) is 9.76 Å². The van der Waals surface area contributed by atoms with Gasteiger partial charge in [-0.15, -0.1) is 0 Å². The van der Waals surface area contributed by atoms with Crippen LogP contribution in [0.25, 0.3) is 0 Å². The molecule has 0 aromatic heterocycles. The van der Waals surface area contributed by atoms with Crippen molar-refractivity contribution in [2.24, 2.45) is 0 Å². The van der Waals surface area contributed by atoms with Gasteiger partial charge in [-0.05, 0) is 6.04 Å². The van der Waals surface area contributed by atoms with Crippen LogP contribution in [0.15, 0.2) is 0 Å². The molecule has 0 aliphatic carbocycles. The molecule has 0 atom stereocenters. The summed E-state index contributed by atoms with van der Waals surface area (Å²) in [4.78, 5) is 8.01. The Bertz CT molecular complexity index is 8.85. The first-order valence-corrected chi connectivity index (χ1v) is 3.16. The fourth-order valence-electron chi connectivity index (χ4n) is 0. The minimum Gasteiger partial charge on any atom is -0.438 e. The largest absolute Gasteiger partial charge is 0.438 e. The van der Waals surface area contributed by atoms with Gasteiger partial charge < -0.3 is 4.80 Å². The molecule has 0 saturated carbocycles. The van der Waals surface area contributed by atoms with E-state index in [-0.39, 0.29) is 7.43 Å². The number of hydrogen-bond acceptors (Lipinski definition) is 1. The summed E-state index contributed by atoms with van der Waals surface area (Å²) >= 11 is 0. The highest BCUT2D eigenvalue weighted by Gasteiger charge is 1.60. The van der Waals surface area contributed by atoms with E-state index in [2.05, 4.69) is 0 Å². The Morgan fingerprint density at radius 3 is 2.00 bits per heavy atom. The maximum atomic E-state index is 8.01. The molecule has 5 heavy (non-hydrogen) atoms. The predicted octanol–water partition coefficient (Wildman–Crippen LogP) is 0.137. The lowest BCUT2D eigenvalue weighted by Gasteiger charge is -1.66. The van der Waals surface area contributed by atoms with Gasteiger partial charge in [0.1, 0.15) is 0 Å². The zero-order chi connectivity index (χ0) is 3.41. The maximum Gasteiger partial charge on any atom is 0.156 e. The van der Waals surface area contributed by atoms with Crippen molar-refractivity contribution in [1.82, 2.24) is 0 Å². The van der Waals surface area contributed by atoms with Gasteiger partial charge in [-0.2, -0.15) is 0 Å². The van der Waals surface area contributed by atoms with Gasteiger partial charge >= 0.3 is 0 Å². The third kappa shape index (κ3) is 14.3. The van der Waals surface area contributed by atoms with E-state index in [9.17, 15) is 0 Å². The Morgan fingerprint density at radius 1 is 1.80 bits per heavy atom. The van der Waals surface area contributed by atoms with Gasteiger partial charge in [0.25, 0.3) is 0 Å². The second-order valence-corrected chi connectivity index (χ2v) is 2.17. The van der Waals surface area contributed by atoms with Gasteiger partial charge in [-0.25, -0.2) is 0 Å². The SMILES string of the molecule is C.CC[SiH2]O. The summed E-state index contributed by atoms with van der Waals surface area (Å²) < 4.78 is 0. The molecule has 0 bridgehead atoms. The molecule has 1 nitrogen and oxygen atoms in total. The van der Waals surface area contributed by atoms with Crippen LogP contribution in [-0.2, 0) is 0 Å². The van der Waals surface area contributed by atoms with Crippen molar-refractivity contribution in [3.8, 4) is 0 Å². The Balaban J connectivity index is 0. The summed E-state index contributed by atoms with van der Waals surface area (Å²) in [5.41, 5.74) is 0. The molecule has 0 amide bonds. The van der Waals surface area contributed by atoms with Gasteiger partial charge in [0, 0.05) is 0 Å². The first kappa shape index (κ1) is 8.95. The molecule has 0 aliphatic rings. The van der Waals surface area contributed by atoms with Crippen LogP contribution >= 0.6 is 0 Å². The molecule has 0 aliphatic heterocycles. The highest BCUT2D eigenvalue weighted by molar-refractivity contribution is 6.24. The van der Waals surface area contributed by atoms with Crippen molar-refractivity contribution in [2.75, 3.05) is 0 Å². The van der Waals surface area contributed by atoms with E-state index in [0.717, 1.165) is 6.04 Å². The van der Waals surface area contributed by atoms with Crippen molar-refractivity contribution in [3.63, 3.8) is 0 Å². The Morgan fingerprint density at radius 2 is 2.00 bits per heavy atom. The third-order valence-electron chi connectivity index (χ3n) is 0.224. The zero-order valence-corrected chi connectivity index (χ0v) is 4.28. The molecular formula is C3H12OSi. The topological polar surface area (TPSA) is 20.2 Å². The monoisotopic (exact) mass is 92.1 g/mol. The van der Waals surface area contributed by atoms with E-state index in [1.54, 1.807) is 0 Å². The summed E-state index contributed by atoms with van der Waals surface area (Å²) in [6.07, 6.45) is 0. The normalized spacial score (nSPS) is 8.40. The lowest BCUT2D eigenvalue weighted by molar-refractivity contribution is 0.602. The molecule has 0 aromatic carbocycles. The minimum absolute atomic E-state index is 0. The quantitative estimate of drug-likeness (QED) is 0.456. The standard InChI is InChI=1S/C2H8OSi.CH4/c1-2-4-3;/h3H,2,4H2,1H3;1H4. The van der Waals surface area contributed by atoms with E-state index in [1.807, 2.05) is 6.92 Å². The van der Waals surface area contributed by atoms with Crippen LogP contribution in [0.3, 0.4) is 0 Å². The van der Waals surface area contributed by atoms with Gasteiger partial charge in [0.2, 0.25) is 0 Å². The van der Waals surface area contributed by atoms with E-state index in [4.69, 9.17) is 4.80 Å². The van der Waals surface area contributed by atoms with Crippen LogP contribution in [-0.4, -0.2) is 14.6 Å². The predicted molar refractivity (Wildman–Crippen MR) is 28.0 cm³/mol. The van der Waals surface area contributed by atoms with Crippen LogP contribution in [0.1, 0.15) is 14.4 Å². The van der Waals surface area contributed by atoms with Gasteiger partial charge in [-0.3, -0.25) is 0 Å². The van der Waals surface area contributed by atoms with Gasteiger partial charge in [0.05, 0.1) is 0 Å².